The van der Waals surface area contributed by atoms with Gasteiger partial charge >= 0.3 is 0 Å². The second-order valence-electron chi connectivity index (χ2n) is 3.46. The molecule has 0 saturated carbocycles. The van der Waals surface area contributed by atoms with Crippen molar-refractivity contribution in [2.75, 3.05) is 11.9 Å². The van der Waals surface area contributed by atoms with E-state index < -0.39 is 0 Å². The molecule has 16 heavy (non-hydrogen) atoms. The Bertz CT molecular complexity index is 346. The summed E-state index contributed by atoms with van der Waals surface area (Å²) in [6.45, 7) is 6.33. The second kappa shape index (κ2) is 7.29. The Morgan fingerprint density at radius 2 is 2.06 bits per heavy atom. The topological polar surface area (TPSA) is 9.23 Å². The lowest BCUT2D eigenvalue weighted by Crippen LogP contribution is -1.92. The molecule has 2 heteroatoms. The lowest BCUT2D eigenvalue weighted by molar-refractivity contribution is 0.363. The van der Waals surface area contributed by atoms with Crippen LogP contribution in [0.15, 0.2) is 42.5 Å². The molecule has 0 saturated heterocycles. The van der Waals surface area contributed by atoms with Crippen LogP contribution in [0.5, 0.6) is 5.75 Å². The molecule has 0 radical (unpaired) electrons. The van der Waals surface area contributed by atoms with Gasteiger partial charge < -0.3 is 4.74 Å². The van der Waals surface area contributed by atoms with Gasteiger partial charge in [-0.2, -0.15) is 0 Å². The summed E-state index contributed by atoms with van der Waals surface area (Å²) in [7, 11) is 0. The van der Waals surface area contributed by atoms with Gasteiger partial charge in [0.1, 0.15) is 12.4 Å². The Labute approximate surface area is 106 Å². The Morgan fingerprint density at radius 1 is 1.38 bits per heavy atom. The Morgan fingerprint density at radius 3 is 2.56 bits per heavy atom. The third kappa shape index (κ3) is 4.23. The highest BCUT2D eigenvalue weighted by atomic mass is 79.9. The maximum absolute atomic E-state index is 5.42. The van der Waals surface area contributed by atoms with Crippen LogP contribution in [0, 0.1) is 0 Å². The van der Waals surface area contributed by atoms with E-state index in [2.05, 4.69) is 47.6 Å². The zero-order valence-electron chi connectivity index (χ0n) is 9.58. The molecule has 0 spiro atoms. The fourth-order valence-electron chi connectivity index (χ4n) is 1.29. The van der Waals surface area contributed by atoms with Crippen LogP contribution in [0.4, 0.5) is 0 Å². The molecule has 0 aromatic heterocycles. The average molecular weight is 281 g/mol. The lowest BCUT2D eigenvalue weighted by Gasteiger charge is -2.04. The summed E-state index contributed by atoms with van der Waals surface area (Å²) < 4.78 is 5.42. The summed E-state index contributed by atoms with van der Waals surface area (Å²) in [5.74, 6) is 0.883. The number of hydrogen-bond donors (Lipinski definition) is 0. The summed E-state index contributed by atoms with van der Waals surface area (Å²) >= 11 is 3.48. The lowest BCUT2D eigenvalue weighted by atomic mass is 10.1. The quantitative estimate of drug-likeness (QED) is 0.553. The van der Waals surface area contributed by atoms with Gasteiger partial charge in [0.15, 0.2) is 0 Å². The molecule has 0 atom stereocenters. The highest BCUT2D eigenvalue weighted by Crippen LogP contribution is 2.16. The molecule has 1 aromatic carbocycles. The summed E-state index contributed by atoms with van der Waals surface area (Å²) in [5, 5.41) is 0.929. The van der Waals surface area contributed by atoms with Crippen molar-refractivity contribution in [2.45, 2.75) is 13.3 Å². The number of hydrogen-bond acceptors (Lipinski definition) is 1. The van der Waals surface area contributed by atoms with Crippen molar-refractivity contribution in [1.82, 2.24) is 0 Å². The van der Waals surface area contributed by atoms with Crippen molar-refractivity contribution >= 4 is 22.0 Å². The van der Waals surface area contributed by atoms with E-state index in [1.54, 1.807) is 6.08 Å². The van der Waals surface area contributed by atoms with Crippen LogP contribution in [0.25, 0.3) is 6.08 Å². The number of rotatable bonds is 6. The van der Waals surface area contributed by atoms with Crippen LogP contribution < -0.4 is 4.74 Å². The number of alkyl halides is 1. The molecule has 0 unspecified atom stereocenters. The van der Waals surface area contributed by atoms with E-state index in [0.29, 0.717) is 6.61 Å². The van der Waals surface area contributed by atoms with Crippen molar-refractivity contribution < 1.29 is 4.74 Å². The van der Waals surface area contributed by atoms with Crippen LogP contribution >= 0.6 is 15.9 Å². The summed E-state index contributed by atoms with van der Waals surface area (Å²) in [6, 6.07) is 8.10. The largest absolute Gasteiger partial charge is 0.490 e. The zero-order valence-corrected chi connectivity index (χ0v) is 11.2. The summed E-state index contributed by atoms with van der Waals surface area (Å²) in [6.07, 6.45) is 5.01. The molecule has 0 N–H and O–H groups in total. The predicted octanol–water partition coefficient (Wildman–Crippen LogP) is 4.44. The van der Waals surface area contributed by atoms with Crippen LogP contribution in [0.3, 0.4) is 0 Å². The molecule has 86 valence electrons. The van der Waals surface area contributed by atoms with Crippen molar-refractivity contribution in [1.29, 1.82) is 0 Å². The van der Waals surface area contributed by atoms with E-state index in [1.165, 1.54) is 11.1 Å². The van der Waals surface area contributed by atoms with Crippen molar-refractivity contribution in [2.24, 2.45) is 0 Å². The van der Waals surface area contributed by atoms with Crippen molar-refractivity contribution in [3.8, 4) is 5.75 Å². The van der Waals surface area contributed by atoms with Gasteiger partial charge in [-0.1, -0.05) is 59.3 Å². The van der Waals surface area contributed by atoms with E-state index >= 15 is 0 Å². The predicted molar refractivity (Wildman–Crippen MR) is 74.2 cm³/mol. The van der Waals surface area contributed by atoms with Gasteiger partial charge in [0, 0.05) is 5.33 Å². The second-order valence-corrected chi connectivity index (χ2v) is 4.02. The Kier molecular flexibility index (Phi) is 5.94. The minimum Gasteiger partial charge on any atom is -0.490 e. The Hall–Kier alpha value is -1.02. The minimum atomic E-state index is 0.552. The van der Waals surface area contributed by atoms with Gasteiger partial charge in [-0.25, -0.2) is 0 Å². The summed E-state index contributed by atoms with van der Waals surface area (Å²) in [5.41, 5.74) is 2.60. The number of allylic oxidation sites excluding steroid dienone is 1. The smallest absolute Gasteiger partial charge is 0.119 e. The molecule has 1 rings (SSSR count). The van der Waals surface area contributed by atoms with Gasteiger partial charge in [-0.05, 0) is 24.1 Å². The number of halogens is 1. The van der Waals surface area contributed by atoms with Crippen LogP contribution in [0.2, 0.25) is 0 Å². The van der Waals surface area contributed by atoms with Crippen molar-refractivity contribution in [3.63, 3.8) is 0 Å². The SMILES string of the molecule is C=CCOc1ccc(C=C(CC)CBr)cc1. The fraction of sp³-hybridized carbons (Fsp3) is 0.286. The van der Waals surface area contributed by atoms with Crippen LogP contribution in [-0.4, -0.2) is 11.9 Å². The fourth-order valence-corrected chi connectivity index (χ4v) is 1.84. The van der Waals surface area contributed by atoms with Gasteiger partial charge in [-0.15, -0.1) is 0 Å². The van der Waals surface area contributed by atoms with Gasteiger partial charge in [-0.3, -0.25) is 0 Å². The average Bonchev–Trinajstić information content (AvgIpc) is 2.35. The van der Waals surface area contributed by atoms with E-state index in [9.17, 15) is 0 Å². The first-order chi connectivity index (χ1) is 7.80. The molecule has 0 aliphatic heterocycles. The van der Waals surface area contributed by atoms with Crippen LogP contribution in [0.1, 0.15) is 18.9 Å². The maximum atomic E-state index is 5.42. The normalized spacial score (nSPS) is 11.2. The van der Waals surface area contributed by atoms with Crippen molar-refractivity contribution in [3.05, 3.63) is 48.1 Å². The standard InChI is InChI=1S/C14H17BrO/c1-3-9-16-14-7-5-13(6-8-14)10-12(4-2)11-15/h3,5-8,10H,1,4,9,11H2,2H3. The molecule has 0 aliphatic carbocycles. The monoisotopic (exact) mass is 280 g/mol. The molecule has 1 aromatic rings. The Balaban J connectivity index is 2.70. The molecular weight excluding hydrogens is 264 g/mol. The molecule has 0 bridgehead atoms. The van der Waals surface area contributed by atoms with Gasteiger partial charge in [0.2, 0.25) is 0 Å². The maximum Gasteiger partial charge on any atom is 0.119 e. The first-order valence-corrected chi connectivity index (χ1v) is 6.51. The number of benzene rings is 1. The van der Waals surface area contributed by atoms with E-state index in [4.69, 9.17) is 4.74 Å². The zero-order chi connectivity index (χ0) is 11.8. The van der Waals surface area contributed by atoms with E-state index in [1.807, 2.05) is 12.1 Å². The molecular formula is C14H17BrO. The number of ether oxygens (including phenoxy) is 1. The molecule has 1 nitrogen and oxygen atoms in total. The van der Waals surface area contributed by atoms with Crippen LogP contribution in [-0.2, 0) is 0 Å². The molecule has 0 aliphatic rings. The molecule has 0 fully saturated rings. The highest BCUT2D eigenvalue weighted by molar-refractivity contribution is 9.09. The first kappa shape index (κ1) is 13.0. The molecule has 0 amide bonds. The van der Waals surface area contributed by atoms with E-state index in [-0.39, 0.29) is 0 Å². The van der Waals surface area contributed by atoms with Gasteiger partial charge in [0.25, 0.3) is 0 Å². The third-order valence-corrected chi connectivity index (χ3v) is 2.96. The van der Waals surface area contributed by atoms with Gasteiger partial charge in [0.05, 0.1) is 0 Å². The first-order valence-electron chi connectivity index (χ1n) is 5.39. The highest BCUT2D eigenvalue weighted by Gasteiger charge is 1.95. The molecule has 0 heterocycles. The summed E-state index contributed by atoms with van der Waals surface area (Å²) in [4.78, 5) is 0. The van der Waals surface area contributed by atoms with E-state index in [0.717, 1.165) is 17.5 Å². The third-order valence-electron chi connectivity index (χ3n) is 2.24. The minimum absolute atomic E-state index is 0.552.